The first-order chi connectivity index (χ1) is 11.7. The number of esters is 2. The second kappa shape index (κ2) is 6.96. The lowest BCUT2D eigenvalue weighted by Crippen LogP contribution is -2.04. The fourth-order valence-corrected chi connectivity index (χ4v) is 2.66. The number of hydrogen-bond acceptors (Lipinski definition) is 4. The van der Waals surface area contributed by atoms with E-state index in [0.717, 1.165) is 39.3 Å². The molecule has 3 aromatic carbocycles. The van der Waals surface area contributed by atoms with Crippen molar-refractivity contribution < 1.29 is 19.1 Å². The first-order valence-electron chi connectivity index (χ1n) is 7.51. The van der Waals surface area contributed by atoms with Gasteiger partial charge in [-0.25, -0.2) is 9.59 Å². The monoisotopic (exact) mass is 320 g/mol. The SMILES string of the molecule is COC(=O)/C=C\C(=O)OCc1c2ccccc2cc2ccccc12. The minimum absolute atomic E-state index is 0.131. The van der Waals surface area contributed by atoms with Crippen molar-refractivity contribution in [3.05, 3.63) is 72.3 Å². The summed E-state index contributed by atoms with van der Waals surface area (Å²) in [6.07, 6.45) is 2.11. The van der Waals surface area contributed by atoms with Crippen molar-refractivity contribution in [3.63, 3.8) is 0 Å². The molecule has 0 bridgehead atoms. The van der Waals surface area contributed by atoms with E-state index in [1.807, 2.05) is 48.5 Å². The summed E-state index contributed by atoms with van der Waals surface area (Å²) < 4.78 is 9.75. The van der Waals surface area contributed by atoms with Crippen LogP contribution in [-0.2, 0) is 25.7 Å². The van der Waals surface area contributed by atoms with Crippen LogP contribution in [0.25, 0.3) is 21.5 Å². The Morgan fingerprint density at radius 2 is 1.42 bits per heavy atom. The van der Waals surface area contributed by atoms with Crippen molar-refractivity contribution in [2.45, 2.75) is 6.61 Å². The summed E-state index contributed by atoms with van der Waals surface area (Å²) in [5.74, 6) is -1.18. The molecule has 0 N–H and O–H groups in total. The lowest BCUT2D eigenvalue weighted by atomic mass is 9.97. The second-order valence-corrected chi connectivity index (χ2v) is 5.26. The van der Waals surface area contributed by atoms with Gasteiger partial charge in [-0.1, -0.05) is 48.5 Å². The first-order valence-corrected chi connectivity index (χ1v) is 7.51. The Bertz CT molecular complexity index is 887. The van der Waals surface area contributed by atoms with Gasteiger partial charge in [-0.15, -0.1) is 0 Å². The number of ether oxygens (including phenoxy) is 2. The maximum atomic E-state index is 11.8. The van der Waals surface area contributed by atoms with E-state index >= 15 is 0 Å². The van der Waals surface area contributed by atoms with E-state index in [-0.39, 0.29) is 6.61 Å². The van der Waals surface area contributed by atoms with Gasteiger partial charge >= 0.3 is 11.9 Å². The molecule has 0 saturated heterocycles. The highest BCUT2D eigenvalue weighted by atomic mass is 16.5. The molecule has 120 valence electrons. The molecule has 0 radical (unpaired) electrons. The lowest BCUT2D eigenvalue weighted by Gasteiger charge is -2.11. The average molecular weight is 320 g/mol. The number of fused-ring (bicyclic) bond motifs is 2. The Balaban J connectivity index is 1.94. The molecule has 0 spiro atoms. The van der Waals surface area contributed by atoms with Crippen LogP contribution in [0.15, 0.2) is 66.7 Å². The summed E-state index contributed by atoms with van der Waals surface area (Å²) in [6.45, 7) is 0.131. The second-order valence-electron chi connectivity index (χ2n) is 5.26. The van der Waals surface area contributed by atoms with Gasteiger partial charge in [0.2, 0.25) is 0 Å². The molecule has 0 unspecified atom stereocenters. The zero-order valence-corrected chi connectivity index (χ0v) is 13.2. The van der Waals surface area contributed by atoms with E-state index in [1.54, 1.807) is 0 Å². The molecular formula is C20H16O4. The van der Waals surface area contributed by atoms with Crippen LogP contribution < -0.4 is 0 Å². The van der Waals surface area contributed by atoms with Crippen LogP contribution in [0.5, 0.6) is 0 Å². The minimum Gasteiger partial charge on any atom is -0.466 e. The summed E-state index contributed by atoms with van der Waals surface area (Å²) in [7, 11) is 1.25. The number of rotatable bonds is 4. The fourth-order valence-electron chi connectivity index (χ4n) is 2.66. The predicted octanol–water partition coefficient (Wildman–Crippen LogP) is 3.77. The summed E-state index contributed by atoms with van der Waals surface area (Å²) >= 11 is 0. The summed E-state index contributed by atoms with van der Waals surface area (Å²) in [5, 5.41) is 4.27. The topological polar surface area (TPSA) is 52.6 Å². The lowest BCUT2D eigenvalue weighted by molar-refractivity contribution is -0.140. The maximum Gasteiger partial charge on any atom is 0.331 e. The molecule has 3 rings (SSSR count). The van der Waals surface area contributed by atoms with Crippen LogP contribution >= 0.6 is 0 Å². The van der Waals surface area contributed by atoms with E-state index in [2.05, 4.69) is 10.8 Å². The largest absolute Gasteiger partial charge is 0.466 e. The van der Waals surface area contributed by atoms with Gasteiger partial charge in [-0.05, 0) is 27.6 Å². The van der Waals surface area contributed by atoms with Crippen LogP contribution in [0.2, 0.25) is 0 Å². The van der Waals surface area contributed by atoms with Crippen molar-refractivity contribution >= 4 is 33.5 Å². The van der Waals surface area contributed by atoms with Crippen LogP contribution in [0, 0.1) is 0 Å². The van der Waals surface area contributed by atoms with Crippen molar-refractivity contribution in [1.82, 2.24) is 0 Å². The predicted molar refractivity (Wildman–Crippen MR) is 92.4 cm³/mol. The van der Waals surface area contributed by atoms with Crippen LogP contribution in [0.3, 0.4) is 0 Å². The number of methoxy groups -OCH3 is 1. The summed E-state index contributed by atoms with van der Waals surface area (Å²) in [4.78, 5) is 22.8. The molecule has 0 aliphatic carbocycles. The van der Waals surface area contributed by atoms with E-state index in [1.165, 1.54) is 7.11 Å². The Morgan fingerprint density at radius 1 is 0.875 bits per heavy atom. The van der Waals surface area contributed by atoms with Gasteiger partial charge in [0, 0.05) is 17.7 Å². The molecule has 0 heterocycles. The summed E-state index contributed by atoms with van der Waals surface area (Å²) in [6, 6.07) is 18.1. The molecule has 0 aromatic heterocycles. The highest BCUT2D eigenvalue weighted by molar-refractivity contribution is 6.02. The van der Waals surface area contributed by atoms with Gasteiger partial charge in [-0.2, -0.15) is 0 Å². The third-order valence-corrected chi connectivity index (χ3v) is 3.80. The normalized spacial score (nSPS) is 11.0. The number of benzene rings is 3. The first kappa shape index (κ1) is 15.7. The smallest absolute Gasteiger partial charge is 0.331 e. The van der Waals surface area contributed by atoms with E-state index < -0.39 is 11.9 Å². The van der Waals surface area contributed by atoms with Crippen LogP contribution in [-0.4, -0.2) is 19.0 Å². The molecule has 0 aliphatic heterocycles. The molecular weight excluding hydrogens is 304 g/mol. The quantitative estimate of drug-likeness (QED) is 0.417. The van der Waals surface area contributed by atoms with E-state index in [9.17, 15) is 9.59 Å². The molecule has 4 heteroatoms. The number of carbonyl (C=O) groups excluding carboxylic acids is 2. The molecule has 0 amide bonds. The molecule has 0 saturated carbocycles. The Labute approximate surface area is 139 Å². The van der Waals surface area contributed by atoms with Crippen molar-refractivity contribution in [1.29, 1.82) is 0 Å². The third kappa shape index (κ3) is 3.27. The molecule has 3 aromatic rings. The molecule has 4 nitrogen and oxygen atoms in total. The van der Waals surface area contributed by atoms with Crippen molar-refractivity contribution in [2.75, 3.05) is 7.11 Å². The Morgan fingerprint density at radius 3 is 2.00 bits per heavy atom. The number of hydrogen-bond donors (Lipinski definition) is 0. The van der Waals surface area contributed by atoms with Gasteiger partial charge in [0.15, 0.2) is 0 Å². The van der Waals surface area contributed by atoms with Crippen LogP contribution in [0.4, 0.5) is 0 Å². The van der Waals surface area contributed by atoms with Crippen LogP contribution in [0.1, 0.15) is 5.56 Å². The third-order valence-electron chi connectivity index (χ3n) is 3.80. The maximum absolute atomic E-state index is 11.8. The van der Waals surface area contributed by atoms with Crippen molar-refractivity contribution in [3.8, 4) is 0 Å². The molecule has 24 heavy (non-hydrogen) atoms. The fraction of sp³-hybridized carbons (Fsp3) is 0.100. The van der Waals surface area contributed by atoms with Gasteiger partial charge in [0.1, 0.15) is 6.61 Å². The number of carbonyl (C=O) groups is 2. The minimum atomic E-state index is -0.595. The van der Waals surface area contributed by atoms with Gasteiger partial charge < -0.3 is 9.47 Å². The Kier molecular flexibility index (Phi) is 4.57. The van der Waals surface area contributed by atoms with Crippen molar-refractivity contribution in [2.24, 2.45) is 0 Å². The highest BCUT2D eigenvalue weighted by Gasteiger charge is 2.09. The van der Waals surface area contributed by atoms with E-state index in [4.69, 9.17) is 4.74 Å². The van der Waals surface area contributed by atoms with Gasteiger partial charge in [0.05, 0.1) is 7.11 Å². The average Bonchev–Trinajstić information content (AvgIpc) is 2.63. The molecule has 0 fully saturated rings. The van der Waals surface area contributed by atoms with Gasteiger partial charge in [0.25, 0.3) is 0 Å². The Hall–Kier alpha value is -3.14. The zero-order valence-electron chi connectivity index (χ0n) is 13.2. The molecule has 0 atom stereocenters. The van der Waals surface area contributed by atoms with E-state index in [0.29, 0.717) is 0 Å². The standard InChI is InChI=1S/C20H16O4/c1-23-19(21)10-11-20(22)24-13-18-16-8-4-2-6-14(16)12-15-7-3-5-9-17(15)18/h2-12H,13H2,1H3/b11-10-. The molecule has 0 aliphatic rings. The zero-order chi connectivity index (χ0) is 16.9. The van der Waals surface area contributed by atoms with Gasteiger partial charge in [-0.3, -0.25) is 0 Å². The highest BCUT2D eigenvalue weighted by Crippen LogP contribution is 2.29. The summed E-state index contributed by atoms with van der Waals surface area (Å²) in [5.41, 5.74) is 0.948.